The van der Waals surface area contributed by atoms with Crippen LogP contribution in [0.2, 0.25) is 0 Å². The standard InChI is InChI=1S/C13H14BrNS/c14-12-9-16-8-11(12)6-7-13(15)10-4-2-1-3-5-10/h1-5,8-9,13H,6-7,15H2. The Hall–Kier alpha value is -0.640. The summed E-state index contributed by atoms with van der Waals surface area (Å²) in [6.45, 7) is 0. The molecule has 1 unspecified atom stereocenters. The highest BCUT2D eigenvalue weighted by molar-refractivity contribution is 9.10. The summed E-state index contributed by atoms with van der Waals surface area (Å²) in [6.07, 6.45) is 2.01. The average molecular weight is 296 g/mol. The second-order valence-corrected chi connectivity index (χ2v) is 5.40. The van der Waals surface area contributed by atoms with Crippen LogP contribution in [0.5, 0.6) is 0 Å². The van der Waals surface area contributed by atoms with Gasteiger partial charge in [-0.3, -0.25) is 0 Å². The van der Waals surface area contributed by atoms with Gasteiger partial charge in [-0.25, -0.2) is 0 Å². The Labute approximate surface area is 108 Å². The van der Waals surface area contributed by atoms with Gasteiger partial charge in [0.15, 0.2) is 0 Å². The fourth-order valence-corrected chi connectivity index (χ4v) is 3.20. The van der Waals surface area contributed by atoms with Gasteiger partial charge in [-0.05, 0) is 45.3 Å². The SMILES string of the molecule is NC(CCc1cscc1Br)c1ccccc1. The molecule has 1 heterocycles. The maximum absolute atomic E-state index is 6.15. The zero-order chi connectivity index (χ0) is 11.4. The lowest BCUT2D eigenvalue weighted by Gasteiger charge is -2.11. The van der Waals surface area contributed by atoms with E-state index in [2.05, 4.69) is 38.8 Å². The molecule has 0 aliphatic rings. The Morgan fingerprint density at radius 3 is 2.56 bits per heavy atom. The minimum atomic E-state index is 0.132. The molecular weight excluding hydrogens is 282 g/mol. The number of benzene rings is 1. The summed E-state index contributed by atoms with van der Waals surface area (Å²) >= 11 is 5.27. The summed E-state index contributed by atoms with van der Waals surface area (Å²) in [6, 6.07) is 10.4. The van der Waals surface area contributed by atoms with E-state index in [1.165, 1.54) is 15.6 Å². The van der Waals surface area contributed by atoms with E-state index < -0.39 is 0 Å². The first-order valence-electron chi connectivity index (χ1n) is 5.28. The Bertz CT molecular complexity index is 438. The van der Waals surface area contributed by atoms with E-state index in [4.69, 9.17) is 5.73 Å². The predicted molar refractivity (Wildman–Crippen MR) is 73.7 cm³/mol. The summed E-state index contributed by atoms with van der Waals surface area (Å²) in [5.41, 5.74) is 8.72. The smallest absolute Gasteiger partial charge is 0.0314 e. The maximum Gasteiger partial charge on any atom is 0.0314 e. The highest BCUT2D eigenvalue weighted by Crippen LogP contribution is 2.25. The van der Waals surface area contributed by atoms with Crippen LogP contribution in [0.15, 0.2) is 45.6 Å². The number of thiophene rings is 1. The van der Waals surface area contributed by atoms with Crippen molar-refractivity contribution in [3.8, 4) is 0 Å². The van der Waals surface area contributed by atoms with E-state index in [0.29, 0.717) is 0 Å². The molecule has 0 fully saturated rings. The molecule has 3 heteroatoms. The summed E-state index contributed by atoms with van der Waals surface area (Å²) in [7, 11) is 0. The summed E-state index contributed by atoms with van der Waals surface area (Å²) in [5, 5.41) is 4.30. The van der Waals surface area contributed by atoms with Crippen LogP contribution in [-0.4, -0.2) is 0 Å². The van der Waals surface area contributed by atoms with Gasteiger partial charge in [0.05, 0.1) is 0 Å². The van der Waals surface area contributed by atoms with Crippen molar-refractivity contribution in [3.63, 3.8) is 0 Å². The van der Waals surface area contributed by atoms with Crippen molar-refractivity contribution in [2.45, 2.75) is 18.9 Å². The van der Waals surface area contributed by atoms with Crippen molar-refractivity contribution in [1.82, 2.24) is 0 Å². The average Bonchev–Trinajstić information content (AvgIpc) is 2.73. The fourth-order valence-electron chi connectivity index (χ4n) is 1.66. The Morgan fingerprint density at radius 2 is 1.94 bits per heavy atom. The van der Waals surface area contributed by atoms with Gasteiger partial charge in [-0.15, -0.1) is 0 Å². The number of rotatable bonds is 4. The minimum Gasteiger partial charge on any atom is -0.324 e. The summed E-state index contributed by atoms with van der Waals surface area (Å²) in [5.74, 6) is 0. The largest absolute Gasteiger partial charge is 0.324 e. The number of nitrogens with two attached hydrogens (primary N) is 1. The quantitative estimate of drug-likeness (QED) is 0.901. The molecule has 2 rings (SSSR count). The molecule has 0 bridgehead atoms. The van der Waals surface area contributed by atoms with Crippen LogP contribution >= 0.6 is 27.3 Å². The van der Waals surface area contributed by atoms with Crippen LogP contribution in [0.3, 0.4) is 0 Å². The maximum atomic E-state index is 6.15. The van der Waals surface area contributed by atoms with Crippen molar-refractivity contribution in [3.05, 3.63) is 56.7 Å². The van der Waals surface area contributed by atoms with Crippen LogP contribution < -0.4 is 5.73 Å². The molecule has 0 aliphatic heterocycles. The van der Waals surface area contributed by atoms with Crippen molar-refractivity contribution in [1.29, 1.82) is 0 Å². The van der Waals surface area contributed by atoms with E-state index in [1.807, 2.05) is 18.2 Å². The normalized spacial score (nSPS) is 12.6. The van der Waals surface area contributed by atoms with Gasteiger partial charge in [-0.1, -0.05) is 30.3 Å². The number of hydrogen-bond donors (Lipinski definition) is 1. The highest BCUT2D eigenvalue weighted by Gasteiger charge is 2.07. The van der Waals surface area contributed by atoms with Gasteiger partial charge < -0.3 is 5.73 Å². The van der Waals surface area contributed by atoms with E-state index in [-0.39, 0.29) is 6.04 Å². The molecule has 1 nitrogen and oxygen atoms in total. The molecule has 2 N–H and O–H groups in total. The van der Waals surface area contributed by atoms with E-state index in [0.717, 1.165) is 12.8 Å². The number of aryl methyl sites for hydroxylation is 1. The molecule has 1 atom stereocenters. The van der Waals surface area contributed by atoms with Crippen LogP contribution in [-0.2, 0) is 6.42 Å². The fraction of sp³-hybridized carbons (Fsp3) is 0.231. The molecule has 0 saturated carbocycles. The van der Waals surface area contributed by atoms with Crippen LogP contribution in [0.1, 0.15) is 23.6 Å². The van der Waals surface area contributed by atoms with Gasteiger partial charge >= 0.3 is 0 Å². The third kappa shape index (κ3) is 2.94. The van der Waals surface area contributed by atoms with Gasteiger partial charge in [0.1, 0.15) is 0 Å². The lowest BCUT2D eigenvalue weighted by molar-refractivity contribution is 0.651. The molecule has 2 aromatic rings. The minimum absolute atomic E-state index is 0.132. The van der Waals surface area contributed by atoms with Gasteiger partial charge in [-0.2, -0.15) is 11.3 Å². The molecule has 16 heavy (non-hydrogen) atoms. The zero-order valence-corrected chi connectivity index (χ0v) is 11.3. The highest BCUT2D eigenvalue weighted by atomic mass is 79.9. The lowest BCUT2D eigenvalue weighted by Crippen LogP contribution is -2.10. The molecule has 0 saturated heterocycles. The third-order valence-corrected chi connectivity index (χ3v) is 4.47. The van der Waals surface area contributed by atoms with Crippen LogP contribution in [0.4, 0.5) is 0 Å². The van der Waals surface area contributed by atoms with E-state index >= 15 is 0 Å². The Morgan fingerprint density at radius 1 is 1.19 bits per heavy atom. The number of hydrogen-bond acceptors (Lipinski definition) is 2. The lowest BCUT2D eigenvalue weighted by atomic mass is 10.0. The summed E-state index contributed by atoms with van der Waals surface area (Å²) in [4.78, 5) is 0. The van der Waals surface area contributed by atoms with Gasteiger partial charge in [0, 0.05) is 15.9 Å². The van der Waals surface area contributed by atoms with E-state index in [1.54, 1.807) is 11.3 Å². The monoisotopic (exact) mass is 295 g/mol. The molecule has 0 radical (unpaired) electrons. The first kappa shape index (κ1) is 11.8. The topological polar surface area (TPSA) is 26.0 Å². The second-order valence-electron chi connectivity index (χ2n) is 3.80. The molecule has 0 amide bonds. The predicted octanol–water partition coefficient (Wildman–Crippen LogP) is 4.14. The van der Waals surface area contributed by atoms with Crippen molar-refractivity contribution in [2.75, 3.05) is 0 Å². The number of halogens is 1. The van der Waals surface area contributed by atoms with Crippen molar-refractivity contribution in [2.24, 2.45) is 5.73 Å². The van der Waals surface area contributed by atoms with Gasteiger partial charge in [0.2, 0.25) is 0 Å². The molecule has 1 aromatic heterocycles. The van der Waals surface area contributed by atoms with Crippen molar-refractivity contribution < 1.29 is 0 Å². The van der Waals surface area contributed by atoms with Gasteiger partial charge in [0.25, 0.3) is 0 Å². The molecule has 0 spiro atoms. The molecule has 84 valence electrons. The summed E-state index contributed by atoms with van der Waals surface area (Å²) < 4.78 is 1.21. The molecular formula is C13H14BrNS. The Balaban J connectivity index is 1.94. The molecule has 1 aromatic carbocycles. The second kappa shape index (κ2) is 5.62. The third-order valence-electron chi connectivity index (χ3n) is 2.64. The first-order valence-corrected chi connectivity index (χ1v) is 7.02. The van der Waals surface area contributed by atoms with Crippen LogP contribution in [0, 0.1) is 0 Å². The zero-order valence-electron chi connectivity index (χ0n) is 8.90. The van der Waals surface area contributed by atoms with Crippen LogP contribution in [0.25, 0.3) is 0 Å². The Kier molecular flexibility index (Phi) is 4.16. The van der Waals surface area contributed by atoms with E-state index in [9.17, 15) is 0 Å². The first-order chi connectivity index (χ1) is 7.77. The molecule has 0 aliphatic carbocycles. The van der Waals surface area contributed by atoms with Crippen molar-refractivity contribution >= 4 is 27.3 Å².